The van der Waals surface area contributed by atoms with Crippen LogP contribution in [0.3, 0.4) is 0 Å². The van der Waals surface area contributed by atoms with Gasteiger partial charge in [-0.3, -0.25) is 9.69 Å². The maximum absolute atomic E-state index is 12.1. The highest BCUT2D eigenvalue weighted by Gasteiger charge is 2.28. The van der Waals surface area contributed by atoms with Crippen LogP contribution in [-0.2, 0) is 4.79 Å². The SMILES string of the molecule is CCC(C#N)C(c1cccs1)N(C)CC(=O)N(C)CC. The van der Waals surface area contributed by atoms with Gasteiger partial charge in [0, 0.05) is 18.5 Å². The normalized spacial score (nSPS) is 13.8. The second-order valence-corrected chi connectivity index (χ2v) is 5.91. The van der Waals surface area contributed by atoms with Gasteiger partial charge in [-0.2, -0.15) is 5.26 Å². The van der Waals surface area contributed by atoms with Crippen molar-refractivity contribution in [3.05, 3.63) is 22.4 Å². The van der Waals surface area contributed by atoms with Crippen molar-refractivity contribution in [2.45, 2.75) is 26.3 Å². The molecular formula is C15H23N3OS. The summed E-state index contributed by atoms with van der Waals surface area (Å²) in [6.07, 6.45) is 0.779. The number of carbonyl (C=O) groups is 1. The van der Waals surface area contributed by atoms with Crippen molar-refractivity contribution in [2.24, 2.45) is 5.92 Å². The number of likely N-dealkylation sites (N-methyl/N-ethyl adjacent to an activating group) is 2. The molecule has 0 N–H and O–H groups in total. The van der Waals surface area contributed by atoms with E-state index in [9.17, 15) is 10.1 Å². The minimum atomic E-state index is -0.0987. The van der Waals surface area contributed by atoms with Gasteiger partial charge in [0.1, 0.15) is 0 Å². The molecule has 4 nitrogen and oxygen atoms in total. The standard InChI is InChI=1S/C15H23N3OS/c1-5-12(10-16)15(13-8-7-9-20-13)18(4)11-14(19)17(3)6-2/h7-9,12,15H,5-6,11H2,1-4H3. The number of thiophene rings is 1. The lowest BCUT2D eigenvalue weighted by molar-refractivity contribution is -0.131. The molecule has 110 valence electrons. The van der Waals surface area contributed by atoms with Gasteiger partial charge in [-0.05, 0) is 31.8 Å². The quantitative estimate of drug-likeness (QED) is 0.776. The first-order valence-corrected chi connectivity index (χ1v) is 7.80. The monoisotopic (exact) mass is 293 g/mol. The van der Waals surface area contributed by atoms with Crippen LogP contribution in [0.15, 0.2) is 17.5 Å². The van der Waals surface area contributed by atoms with Crippen LogP contribution < -0.4 is 0 Å². The maximum Gasteiger partial charge on any atom is 0.236 e. The number of hydrogen-bond donors (Lipinski definition) is 0. The fourth-order valence-corrected chi connectivity index (χ4v) is 3.13. The van der Waals surface area contributed by atoms with Gasteiger partial charge in [-0.25, -0.2) is 0 Å². The Kier molecular flexibility index (Phi) is 6.69. The number of rotatable bonds is 7. The van der Waals surface area contributed by atoms with Gasteiger partial charge in [0.15, 0.2) is 0 Å². The van der Waals surface area contributed by atoms with E-state index in [4.69, 9.17) is 0 Å². The molecule has 0 aliphatic rings. The van der Waals surface area contributed by atoms with Gasteiger partial charge in [0.05, 0.1) is 24.6 Å². The Morgan fingerprint density at radius 2 is 2.15 bits per heavy atom. The van der Waals surface area contributed by atoms with Crippen LogP contribution in [0.25, 0.3) is 0 Å². The van der Waals surface area contributed by atoms with E-state index in [-0.39, 0.29) is 17.9 Å². The molecule has 0 aliphatic carbocycles. The lowest BCUT2D eigenvalue weighted by atomic mass is 9.96. The summed E-state index contributed by atoms with van der Waals surface area (Å²) in [4.78, 5) is 16.9. The van der Waals surface area contributed by atoms with Gasteiger partial charge in [0.2, 0.25) is 5.91 Å². The first-order chi connectivity index (χ1) is 9.54. The Balaban J connectivity index is 2.89. The molecule has 0 bridgehead atoms. The summed E-state index contributed by atoms with van der Waals surface area (Å²) in [7, 11) is 3.73. The summed E-state index contributed by atoms with van der Waals surface area (Å²) in [5, 5.41) is 11.4. The van der Waals surface area contributed by atoms with Crippen molar-refractivity contribution in [1.82, 2.24) is 9.80 Å². The summed E-state index contributed by atoms with van der Waals surface area (Å²) in [6.45, 7) is 5.01. The molecule has 0 radical (unpaired) electrons. The Labute approximate surface area is 125 Å². The smallest absolute Gasteiger partial charge is 0.236 e. The van der Waals surface area contributed by atoms with Gasteiger partial charge < -0.3 is 4.90 Å². The van der Waals surface area contributed by atoms with Gasteiger partial charge in [-0.15, -0.1) is 11.3 Å². The number of carbonyl (C=O) groups excluding carboxylic acids is 1. The molecule has 2 atom stereocenters. The first kappa shape index (κ1) is 16.7. The fourth-order valence-electron chi connectivity index (χ4n) is 2.18. The van der Waals surface area contributed by atoms with E-state index in [1.165, 1.54) is 0 Å². The Bertz CT molecular complexity index is 452. The summed E-state index contributed by atoms with van der Waals surface area (Å²) in [5.41, 5.74) is 0. The third-order valence-electron chi connectivity index (χ3n) is 3.58. The molecular weight excluding hydrogens is 270 g/mol. The van der Waals surface area contributed by atoms with Crippen molar-refractivity contribution in [2.75, 3.05) is 27.2 Å². The molecule has 1 heterocycles. The Hall–Kier alpha value is -1.38. The molecule has 1 aromatic heterocycles. The number of amides is 1. The number of hydrogen-bond acceptors (Lipinski definition) is 4. The van der Waals surface area contributed by atoms with Crippen molar-refractivity contribution in [1.29, 1.82) is 5.26 Å². The molecule has 0 spiro atoms. The van der Waals surface area contributed by atoms with Crippen LogP contribution >= 0.6 is 11.3 Å². The van der Waals surface area contributed by atoms with Crippen LogP contribution in [0, 0.1) is 17.2 Å². The Morgan fingerprint density at radius 3 is 2.60 bits per heavy atom. The van der Waals surface area contributed by atoms with Crippen molar-refractivity contribution >= 4 is 17.2 Å². The number of nitriles is 1. The van der Waals surface area contributed by atoms with E-state index in [1.54, 1.807) is 23.3 Å². The summed E-state index contributed by atoms with van der Waals surface area (Å²) >= 11 is 1.64. The third-order valence-corrected chi connectivity index (χ3v) is 4.52. The Morgan fingerprint density at radius 1 is 1.45 bits per heavy atom. The second kappa shape index (κ2) is 8.03. The molecule has 1 amide bonds. The highest BCUT2D eigenvalue weighted by Crippen LogP contribution is 2.32. The molecule has 20 heavy (non-hydrogen) atoms. The molecule has 0 saturated heterocycles. The van der Waals surface area contributed by atoms with Crippen molar-refractivity contribution < 1.29 is 4.79 Å². The molecule has 0 aromatic carbocycles. The topological polar surface area (TPSA) is 47.3 Å². The van der Waals surface area contributed by atoms with Gasteiger partial charge >= 0.3 is 0 Å². The minimum Gasteiger partial charge on any atom is -0.345 e. The summed E-state index contributed by atoms with van der Waals surface area (Å²) in [6, 6.07) is 6.40. The zero-order valence-electron chi connectivity index (χ0n) is 12.7. The summed E-state index contributed by atoms with van der Waals surface area (Å²) in [5.74, 6) is -0.0114. The van der Waals surface area contributed by atoms with Crippen molar-refractivity contribution in [3.63, 3.8) is 0 Å². The summed E-state index contributed by atoms with van der Waals surface area (Å²) < 4.78 is 0. The largest absolute Gasteiger partial charge is 0.345 e. The minimum absolute atomic E-state index is 0.0146. The molecule has 1 rings (SSSR count). The second-order valence-electron chi connectivity index (χ2n) is 4.93. The van der Waals surface area contributed by atoms with E-state index in [0.717, 1.165) is 11.3 Å². The van der Waals surface area contributed by atoms with Crippen LogP contribution in [0.4, 0.5) is 0 Å². The van der Waals surface area contributed by atoms with Gasteiger partial charge in [0.25, 0.3) is 0 Å². The van der Waals surface area contributed by atoms with Crippen LogP contribution in [0.1, 0.15) is 31.2 Å². The first-order valence-electron chi connectivity index (χ1n) is 6.92. The van der Waals surface area contributed by atoms with Crippen LogP contribution in [0.5, 0.6) is 0 Å². The lowest BCUT2D eigenvalue weighted by Crippen LogP contribution is -2.39. The molecule has 2 unspecified atom stereocenters. The molecule has 5 heteroatoms. The molecule has 1 aromatic rings. The zero-order chi connectivity index (χ0) is 15.1. The van der Waals surface area contributed by atoms with E-state index in [0.29, 0.717) is 13.1 Å². The molecule has 0 aliphatic heterocycles. The molecule has 0 fully saturated rings. The highest BCUT2D eigenvalue weighted by molar-refractivity contribution is 7.10. The highest BCUT2D eigenvalue weighted by atomic mass is 32.1. The predicted molar refractivity (Wildman–Crippen MR) is 82.4 cm³/mol. The van der Waals surface area contributed by atoms with Crippen LogP contribution in [0.2, 0.25) is 0 Å². The third kappa shape index (κ3) is 4.06. The van der Waals surface area contributed by atoms with E-state index in [1.807, 2.05) is 43.3 Å². The fraction of sp³-hybridized carbons (Fsp3) is 0.600. The number of nitrogens with zero attached hydrogens (tertiary/aromatic N) is 3. The lowest BCUT2D eigenvalue weighted by Gasteiger charge is -2.31. The predicted octanol–water partition coefficient (Wildman–Crippen LogP) is 2.75. The maximum atomic E-state index is 12.1. The average Bonchev–Trinajstić information content (AvgIpc) is 2.96. The van der Waals surface area contributed by atoms with Crippen LogP contribution in [-0.4, -0.2) is 42.9 Å². The molecule has 0 saturated carbocycles. The van der Waals surface area contributed by atoms with E-state index < -0.39 is 0 Å². The van der Waals surface area contributed by atoms with E-state index >= 15 is 0 Å². The van der Waals surface area contributed by atoms with E-state index in [2.05, 4.69) is 6.07 Å². The van der Waals surface area contributed by atoms with Crippen molar-refractivity contribution in [3.8, 4) is 6.07 Å². The zero-order valence-corrected chi connectivity index (χ0v) is 13.5. The van der Waals surface area contributed by atoms with Gasteiger partial charge in [-0.1, -0.05) is 13.0 Å². The average molecular weight is 293 g/mol.